The molecule has 2 amide bonds. The monoisotopic (exact) mass is 276 g/mol. The average Bonchev–Trinajstić information content (AvgIpc) is 2.43. The number of rotatable bonds is 3. The lowest BCUT2D eigenvalue weighted by Gasteiger charge is -2.33. The Morgan fingerprint density at radius 2 is 2.10 bits per heavy atom. The second kappa shape index (κ2) is 5.94. The van der Waals surface area contributed by atoms with Gasteiger partial charge in [-0.3, -0.25) is 9.69 Å². The van der Waals surface area contributed by atoms with Crippen LogP contribution in [0.25, 0.3) is 0 Å². The quantitative estimate of drug-likeness (QED) is 0.888. The van der Waals surface area contributed by atoms with Crippen LogP contribution in [0.1, 0.15) is 19.4 Å². The molecule has 0 aliphatic carbocycles. The van der Waals surface area contributed by atoms with E-state index < -0.39 is 11.9 Å². The van der Waals surface area contributed by atoms with Crippen molar-refractivity contribution in [3.63, 3.8) is 0 Å². The van der Waals surface area contributed by atoms with Gasteiger partial charge in [0.25, 0.3) is 0 Å². The van der Waals surface area contributed by atoms with Crippen LogP contribution in [0, 0.1) is 11.8 Å². The van der Waals surface area contributed by atoms with Crippen molar-refractivity contribution in [2.75, 3.05) is 18.0 Å². The molecule has 0 fully saturated rings. The molecule has 0 aromatic heterocycles. The molecule has 1 heterocycles. The van der Waals surface area contributed by atoms with E-state index in [1.807, 2.05) is 38.1 Å². The molecular formula is C15H20N2O3. The Labute approximate surface area is 118 Å². The molecule has 0 saturated heterocycles. The van der Waals surface area contributed by atoms with E-state index in [1.165, 1.54) is 0 Å². The molecule has 5 nitrogen and oxygen atoms in total. The average molecular weight is 276 g/mol. The number of carbonyl (C=O) groups is 2. The highest BCUT2D eigenvalue weighted by atomic mass is 16.4. The van der Waals surface area contributed by atoms with E-state index >= 15 is 0 Å². The van der Waals surface area contributed by atoms with E-state index in [1.54, 1.807) is 4.90 Å². The summed E-state index contributed by atoms with van der Waals surface area (Å²) in [5.41, 5.74) is 1.72. The Morgan fingerprint density at radius 3 is 2.75 bits per heavy atom. The van der Waals surface area contributed by atoms with Crippen molar-refractivity contribution < 1.29 is 14.7 Å². The molecule has 20 heavy (non-hydrogen) atoms. The van der Waals surface area contributed by atoms with Crippen molar-refractivity contribution in [2.24, 2.45) is 11.8 Å². The summed E-state index contributed by atoms with van der Waals surface area (Å²) < 4.78 is 0. The van der Waals surface area contributed by atoms with Gasteiger partial charge in [-0.1, -0.05) is 32.0 Å². The van der Waals surface area contributed by atoms with Crippen LogP contribution >= 0.6 is 0 Å². The summed E-state index contributed by atoms with van der Waals surface area (Å²) in [5, 5.41) is 12.1. The highest BCUT2D eigenvalue weighted by molar-refractivity contribution is 5.94. The van der Waals surface area contributed by atoms with Crippen LogP contribution in [0.2, 0.25) is 0 Å². The summed E-state index contributed by atoms with van der Waals surface area (Å²) in [6, 6.07) is 7.25. The topological polar surface area (TPSA) is 69.6 Å². The summed E-state index contributed by atoms with van der Waals surface area (Å²) >= 11 is 0. The van der Waals surface area contributed by atoms with Crippen molar-refractivity contribution in [3.05, 3.63) is 29.8 Å². The number of anilines is 1. The minimum Gasteiger partial charge on any atom is -0.481 e. The lowest BCUT2D eigenvalue weighted by Crippen LogP contribution is -2.48. The number of carbonyl (C=O) groups excluding carboxylic acids is 1. The second-order valence-corrected chi connectivity index (χ2v) is 5.56. The maximum absolute atomic E-state index is 12.3. The molecule has 0 bridgehead atoms. The van der Waals surface area contributed by atoms with Crippen LogP contribution in [0.5, 0.6) is 0 Å². The van der Waals surface area contributed by atoms with Crippen molar-refractivity contribution >= 4 is 17.7 Å². The summed E-state index contributed by atoms with van der Waals surface area (Å²) in [5.74, 6) is -1.05. The second-order valence-electron chi connectivity index (χ2n) is 5.56. The molecule has 1 aromatic rings. The first-order chi connectivity index (χ1) is 9.49. The third-order valence-electron chi connectivity index (χ3n) is 3.41. The fraction of sp³-hybridized carbons (Fsp3) is 0.467. The third-order valence-corrected chi connectivity index (χ3v) is 3.41. The van der Waals surface area contributed by atoms with Gasteiger partial charge in [0.1, 0.15) is 0 Å². The van der Waals surface area contributed by atoms with Gasteiger partial charge >= 0.3 is 12.0 Å². The van der Waals surface area contributed by atoms with E-state index in [0.29, 0.717) is 18.9 Å². The number of benzene rings is 1. The number of para-hydroxylation sites is 1. The van der Waals surface area contributed by atoms with Crippen LogP contribution in [0.3, 0.4) is 0 Å². The van der Waals surface area contributed by atoms with Gasteiger partial charge in [0.15, 0.2) is 0 Å². The van der Waals surface area contributed by atoms with Gasteiger partial charge in [-0.2, -0.15) is 0 Å². The number of hydrogen-bond acceptors (Lipinski definition) is 2. The van der Waals surface area contributed by atoms with Gasteiger partial charge < -0.3 is 10.4 Å². The normalized spacial score (nSPS) is 17.8. The molecule has 0 spiro atoms. The molecular weight excluding hydrogens is 256 g/mol. The lowest BCUT2D eigenvalue weighted by atomic mass is 9.93. The van der Waals surface area contributed by atoms with E-state index in [4.69, 9.17) is 0 Å². The molecule has 1 aromatic carbocycles. The zero-order valence-electron chi connectivity index (χ0n) is 11.8. The van der Waals surface area contributed by atoms with Crippen molar-refractivity contribution in [1.29, 1.82) is 0 Å². The molecule has 0 saturated carbocycles. The summed E-state index contributed by atoms with van der Waals surface area (Å²) in [6.45, 7) is 4.83. The van der Waals surface area contributed by atoms with E-state index in [0.717, 1.165) is 11.3 Å². The van der Waals surface area contributed by atoms with E-state index in [2.05, 4.69) is 5.32 Å². The molecule has 5 heteroatoms. The van der Waals surface area contributed by atoms with E-state index in [-0.39, 0.29) is 12.6 Å². The van der Waals surface area contributed by atoms with Crippen LogP contribution < -0.4 is 10.2 Å². The smallest absolute Gasteiger partial charge is 0.321 e. The number of hydrogen-bond donors (Lipinski definition) is 2. The molecule has 1 unspecified atom stereocenters. The Hall–Kier alpha value is -2.04. The number of urea groups is 1. The van der Waals surface area contributed by atoms with Gasteiger partial charge in [-0.15, -0.1) is 0 Å². The summed E-state index contributed by atoms with van der Waals surface area (Å²) in [4.78, 5) is 25.0. The first-order valence-electron chi connectivity index (χ1n) is 6.85. The predicted molar refractivity (Wildman–Crippen MR) is 76.9 cm³/mol. The number of nitrogens with zero attached hydrogens (tertiary/aromatic N) is 1. The van der Waals surface area contributed by atoms with Gasteiger partial charge in [-0.05, 0) is 24.0 Å². The number of carboxylic acids is 1. The highest BCUT2D eigenvalue weighted by Gasteiger charge is 2.31. The largest absolute Gasteiger partial charge is 0.481 e. The number of aliphatic carboxylic acids is 1. The van der Waals surface area contributed by atoms with Crippen molar-refractivity contribution in [3.8, 4) is 0 Å². The Balaban J connectivity index is 2.22. The first kappa shape index (κ1) is 14.4. The molecule has 1 aliphatic heterocycles. The van der Waals surface area contributed by atoms with Crippen LogP contribution in [0.4, 0.5) is 10.5 Å². The highest BCUT2D eigenvalue weighted by Crippen LogP contribution is 2.29. The minimum absolute atomic E-state index is 0.219. The zero-order chi connectivity index (χ0) is 14.7. The molecule has 1 atom stereocenters. The van der Waals surface area contributed by atoms with Crippen molar-refractivity contribution in [2.45, 2.75) is 20.3 Å². The molecule has 2 N–H and O–H groups in total. The molecule has 2 rings (SSSR count). The predicted octanol–water partition coefficient (Wildman–Crippen LogP) is 2.12. The number of carboxylic acid groups (broad SMARTS) is 1. The van der Waals surface area contributed by atoms with Crippen molar-refractivity contribution in [1.82, 2.24) is 5.32 Å². The van der Waals surface area contributed by atoms with E-state index in [9.17, 15) is 14.7 Å². The maximum atomic E-state index is 12.3. The molecule has 0 radical (unpaired) electrons. The summed E-state index contributed by atoms with van der Waals surface area (Å²) in [6.07, 6.45) is 0.472. The fourth-order valence-corrected chi connectivity index (χ4v) is 2.34. The number of amides is 2. The van der Waals surface area contributed by atoms with Gasteiger partial charge in [0.2, 0.25) is 0 Å². The van der Waals surface area contributed by atoms with Crippen LogP contribution in [0.15, 0.2) is 24.3 Å². The first-order valence-corrected chi connectivity index (χ1v) is 6.85. The van der Waals surface area contributed by atoms with Crippen LogP contribution in [-0.2, 0) is 11.2 Å². The molecule has 1 aliphatic rings. The Kier molecular flexibility index (Phi) is 4.27. The van der Waals surface area contributed by atoms with Crippen LogP contribution in [-0.4, -0.2) is 30.2 Å². The van der Waals surface area contributed by atoms with Gasteiger partial charge in [0.05, 0.1) is 5.92 Å². The Bertz CT molecular complexity index is 514. The lowest BCUT2D eigenvalue weighted by molar-refractivity contribution is -0.141. The Morgan fingerprint density at radius 1 is 1.40 bits per heavy atom. The number of fused-ring (bicyclic) bond motifs is 1. The third kappa shape index (κ3) is 3.10. The fourth-order valence-electron chi connectivity index (χ4n) is 2.34. The maximum Gasteiger partial charge on any atom is 0.321 e. The molecule has 108 valence electrons. The minimum atomic E-state index is -0.860. The van der Waals surface area contributed by atoms with Gasteiger partial charge in [-0.25, -0.2) is 4.79 Å². The summed E-state index contributed by atoms with van der Waals surface area (Å²) in [7, 11) is 0. The number of nitrogens with one attached hydrogen (secondary N) is 1. The standard InChI is InChI=1S/C15H20N2O3/c1-10(2)8-16-15(20)17-9-12(14(18)19)7-11-5-3-4-6-13(11)17/h3-6,10,12H,7-9H2,1-2H3,(H,16,20)(H,18,19). The SMILES string of the molecule is CC(C)CNC(=O)N1CC(C(=O)O)Cc2ccccc21. The zero-order valence-corrected chi connectivity index (χ0v) is 11.8. The van der Waals surface area contributed by atoms with Gasteiger partial charge in [0, 0.05) is 18.8 Å².